The maximum Gasteiger partial charge on any atom is 0.191 e. The number of rotatable bonds is 7. The van der Waals surface area contributed by atoms with Crippen molar-refractivity contribution >= 4 is 52.9 Å². The summed E-state index contributed by atoms with van der Waals surface area (Å²) in [5, 5.41) is 6.81. The van der Waals surface area contributed by atoms with Gasteiger partial charge in [0.1, 0.15) is 5.76 Å². The SMILES string of the molecule is CN=C(NCCc1ccc(Cl)s1)NCC(c1ccco1)N1CCCC1.I. The van der Waals surface area contributed by atoms with Gasteiger partial charge in [0.05, 0.1) is 16.6 Å². The van der Waals surface area contributed by atoms with Gasteiger partial charge < -0.3 is 15.1 Å². The topological polar surface area (TPSA) is 52.8 Å². The molecule has 1 aliphatic rings. The molecule has 5 nitrogen and oxygen atoms in total. The fourth-order valence-electron chi connectivity index (χ4n) is 3.15. The average molecular weight is 509 g/mol. The number of likely N-dealkylation sites (tertiary alicyclic amines) is 1. The summed E-state index contributed by atoms with van der Waals surface area (Å²) in [5.41, 5.74) is 0. The molecule has 1 unspecified atom stereocenters. The van der Waals surface area contributed by atoms with Crippen molar-refractivity contribution in [2.45, 2.75) is 25.3 Å². The molecule has 0 amide bonds. The first-order valence-electron chi connectivity index (χ1n) is 8.72. The van der Waals surface area contributed by atoms with Crippen LogP contribution in [-0.2, 0) is 6.42 Å². The van der Waals surface area contributed by atoms with Crippen LogP contribution in [0.2, 0.25) is 4.34 Å². The van der Waals surface area contributed by atoms with E-state index in [0.717, 1.165) is 48.7 Å². The molecule has 1 atom stereocenters. The molecule has 26 heavy (non-hydrogen) atoms. The molecular weight excluding hydrogens is 483 g/mol. The van der Waals surface area contributed by atoms with E-state index in [4.69, 9.17) is 16.0 Å². The quantitative estimate of drug-likeness (QED) is 0.335. The Bertz CT molecular complexity index is 671. The molecule has 2 aromatic rings. The van der Waals surface area contributed by atoms with E-state index in [1.54, 1.807) is 24.6 Å². The van der Waals surface area contributed by atoms with Gasteiger partial charge in [-0.1, -0.05) is 11.6 Å². The minimum atomic E-state index is 0. The lowest BCUT2D eigenvalue weighted by Crippen LogP contribution is -2.43. The molecule has 144 valence electrons. The van der Waals surface area contributed by atoms with Gasteiger partial charge in [-0.15, -0.1) is 35.3 Å². The molecule has 0 spiro atoms. The van der Waals surface area contributed by atoms with Gasteiger partial charge in [-0.25, -0.2) is 0 Å². The zero-order valence-electron chi connectivity index (χ0n) is 14.9. The highest BCUT2D eigenvalue weighted by molar-refractivity contribution is 14.0. The molecule has 0 bridgehead atoms. The van der Waals surface area contributed by atoms with E-state index >= 15 is 0 Å². The number of thiophene rings is 1. The number of nitrogens with one attached hydrogen (secondary N) is 2. The molecule has 0 saturated carbocycles. The molecule has 3 heterocycles. The summed E-state index contributed by atoms with van der Waals surface area (Å²) < 4.78 is 6.50. The number of aliphatic imine (C=N–C) groups is 1. The summed E-state index contributed by atoms with van der Waals surface area (Å²) in [5.74, 6) is 1.83. The highest BCUT2D eigenvalue weighted by Crippen LogP contribution is 2.25. The lowest BCUT2D eigenvalue weighted by molar-refractivity contribution is 0.215. The summed E-state index contributed by atoms with van der Waals surface area (Å²) in [7, 11) is 1.80. The highest BCUT2D eigenvalue weighted by Gasteiger charge is 2.25. The third-order valence-corrected chi connectivity index (χ3v) is 5.72. The fraction of sp³-hybridized carbons (Fsp3) is 0.500. The first-order chi connectivity index (χ1) is 12.3. The van der Waals surface area contributed by atoms with Crippen molar-refractivity contribution in [3.8, 4) is 0 Å². The maximum absolute atomic E-state index is 5.97. The Labute approximate surface area is 181 Å². The maximum atomic E-state index is 5.97. The minimum absolute atomic E-state index is 0. The van der Waals surface area contributed by atoms with Crippen molar-refractivity contribution in [3.63, 3.8) is 0 Å². The molecule has 0 aromatic carbocycles. The van der Waals surface area contributed by atoms with Gasteiger partial charge in [0.2, 0.25) is 0 Å². The highest BCUT2D eigenvalue weighted by atomic mass is 127. The van der Waals surface area contributed by atoms with Gasteiger partial charge in [-0.3, -0.25) is 9.89 Å². The second kappa shape index (κ2) is 11.2. The van der Waals surface area contributed by atoms with E-state index in [2.05, 4.69) is 32.7 Å². The molecule has 8 heteroatoms. The lowest BCUT2D eigenvalue weighted by atomic mass is 10.2. The molecule has 2 N–H and O–H groups in total. The number of guanidine groups is 1. The minimum Gasteiger partial charge on any atom is -0.468 e. The molecule has 0 radical (unpaired) electrons. The Hall–Kier alpha value is -0.770. The van der Waals surface area contributed by atoms with Crippen molar-refractivity contribution < 1.29 is 4.42 Å². The van der Waals surface area contributed by atoms with Crippen LogP contribution in [-0.4, -0.2) is 44.1 Å². The van der Waals surface area contributed by atoms with Crippen molar-refractivity contribution in [1.29, 1.82) is 0 Å². The van der Waals surface area contributed by atoms with E-state index in [1.165, 1.54) is 17.7 Å². The summed E-state index contributed by atoms with van der Waals surface area (Å²) in [6.07, 6.45) is 5.20. The normalized spacial score (nSPS) is 16.3. The first kappa shape index (κ1) is 21.5. The molecule has 1 aliphatic heterocycles. The van der Waals surface area contributed by atoms with E-state index in [-0.39, 0.29) is 30.0 Å². The molecular formula is C18H26ClIN4OS. The Balaban J connectivity index is 0.00000243. The summed E-state index contributed by atoms with van der Waals surface area (Å²) in [4.78, 5) is 8.08. The van der Waals surface area contributed by atoms with Gasteiger partial charge in [0.25, 0.3) is 0 Å². The molecule has 1 fully saturated rings. The van der Waals surface area contributed by atoms with Crippen molar-refractivity contribution in [2.75, 3.05) is 33.2 Å². The van der Waals surface area contributed by atoms with E-state index in [0.29, 0.717) is 0 Å². The van der Waals surface area contributed by atoms with Crippen LogP contribution in [0, 0.1) is 0 Å². The van der Waals surface area contributed by atoms with Crippen molar-refractivity contribution in [2.24, 2.45) is 4.99 Å². The summed E-state index contributed by atoms with van der Waals surface area (Å²) in [6.45, 7) is 3.85. The second-order valence-electron chi connectivity index (χ2n) is 6.11. The zero-order chi connectivity index (χ0) is 17.5. The predicted molar refractivity (Wildman–Crippen MR) is 120 cm³/mol. The molecule has 0 aliphatic carbocycles. The number of furan rings is 1. The van der Waals surface area contributed by atoms with Gasteiger partial charge >= 0.3 is 0 Å². The van der Waals surface area contributed by atoms with Crippen LogP contribution in [0.5, 0.6) is 0 Å². The van der Waals surface area contributed by atoms with E-state index in [9.17, 15) is 0 Å². The Morgan fingerprint density at radius 3 is 2.73 bits per heavy atom. The van der Waals surface area contributed by atoms with Gasteiger partial charge in [0, 0.05) is 25.0 Å². The average Bonchev–Trinajstić information content (AvgIpc) is 3.37. The number of nitrogens with zero attached hydrogens (tertiary/aromatic N) is 2. The Morgan fingerprint density at radius 2 is 2.12 bits per heavy atom. The fourth-order valence-corrected chi connectivity index (χ4v) is 4.23. The van der Waals surface area contributed by atoms with Crippen LogP contribution in [0.15, 0.2) is 39.9 Å². The molecule has 2 aromatic heterocycles. The zero-order valence-corrected chi connectivity index (χ0v) is 18.8. The smallest absolute Gasteiger partial charge is 0.191 e. The van der Waals surface area contributed by atoms with Gasteiger partial charge in [-0.2, -0.15) is 0 Å². The van der Waals surface area contributed by atoms with Crippen molar-refractivity contribution in [3.05, 3.63) is 45.5 Å². The lowest BCUT2D eigenvalue weighted by Gasteiger charge is -2.26. The van der Waals surface area contributed by atoms with Crippen LogP contribution in [0.4, 0.5) is 0 Å². The number of hydrogen-bond acceptors (Lipinski definition) is 4. The summed E-state index contributed by atoms with van der Waals surface area (Å²) >= 11 is 7.60. The molecule has 1 saturated heterocycles. The standard InChI is InChI=1S/C18H25ClN4OS.HI/c1-20-18(21-9-8-14-6-7-17(19)25-14)22-13-15(16-5-4-12-24-16)23-10-2-3-11-23;/h4-7,12,15H,2-3,8-11,13H2,1H3,(H2,20,21,22);1H. The molecule has 3 rings (SSSR count). The van der Waals surface area contributed by atoms with E-state index in [1.807, 2.05) is 12.1 Å². The van der Waals surface area contributed by atoms with Crippen molar-refractivity contribution in [1.82, 2.24) is 15.5 Å². The third kappa shape index (κ3) is 6.14. The van der Waals surface area contributed by atoms with Gasteiger partial charge in [-0.05, 0) is 56.6 Å². The Morgan fingerprint density at radius 1 is 1.31 bits per heavy atom. The third-order valence-electron chi connectivity index (χ3n) is 4.43. The number of halogens is 2. The number of hydrogen-bond donors (Lipinski definition) is 2. The second-order valence-corrected chi connectivity index (χ2v) is 7.91. The largest absolute Gasteiger partial charge is 0.468 e. The van der Waals surface area contributed by atoms with Crippen LogP contribution >= 0.6 is 46.9 Å². The van der Waals surface area contributed by atoms with Crippen LogP contribution in [0.25, 0.3) is 0 Å². The predicted octanol–water partition coefficient (Wildman–Crippen LogP) is 4.16. The van der Waals surface area contributed by atoms with Crippen LogP contribution in [0.3, 0.4) is 0 Å². The Kier molecular flexibility index (Phi) is 9.24. The van der Waals surface area contributed by atoms with Gasteiger partial charge in [0.15, 0.2) is 5.96 Å². The van der Waals surface area contributed by atoms with E-state index < -0.39 is 0 Å². The van der Waals surface area contributed by atoms with Crippen LogP contribution in [0.1, 0.15) is 29.5 Å². The first-order valence-corrected chi connectivity index (χ1v) is 9.92. The van der Waals surface area contributed by atoms with Crippen LogP contribution < -0.4 is 10.6 Å². The summed E-state index contributed by atoms with van der Waals surface area (Å²) in [6, 6.07) is 8.27. The monoisotopic (exact) mass is 508 g/mol.